The second-order valence-electron chi connectivity index (χ2n) is 5.06. The Bertz CT molecular complexity index is 478. The maximum atomic E-state index is 11.1. The highest BCUT2D eigenvalue weighted by molar-refractivity contribution is 5.96. The number of carboxylic acids is 1. The lowest BCUT2D eigenvalue weighted by atomic mass is 10.2. The van der Waals surface area contributed by atoms with Gasteiger partial charge in [0.2, 0.25) is 0 Å². The van der Waals surface area contributed by atoms with E-state index in [1.807, 2.05) is 0 Å². The lowest BCUT2D eigenvalue weighted by Gasteiger charge is -2.30. The molecule has 0 amide bonds. The Morgan fingerprint density at radius 3 is 2.95 bits per heavy atom. The zero-order chi connectivity index (χ0) is 14.0. The first kappa shape index (κ1) is 13.6. The first-order valence-corrected chi connectivity index (χ1v) is 6.43. The van der Waals surface area contributed by atoms with Crippen molar-refractivity contribution in [2.75, 3.05) is 37.3 Å². The monoisotopic (exact) mass is 264 g/mol. The third kappa shape index (κ3) is 2.78. The maximum absolute atomic E-state index is 11.1. The van der Waals surface area contributed by atoms with Crippen LogP contribution in [0.2, 0.25) is 0 Å². The normalized spacial score (nSPS) is 21.2. The molecule has 104 valence electrons. The van der Waals surface area contributed by atoms with Crippen LogP contribution in [0, 0.1) is 0 Å². The summed E-state index contributed by atoms with van der Waals surface area (Å²) in [5.74, 6) is -0.427. The van der Waals surface area contributed by atoms with Crippen LogP contribution < -0.4 is 10.6 Å². The highest BCUT2D eigenvalue weighted by Gasteiger charge is 2.24. The Labute approximate surface area is 112 Å². The molecule has 3 N–H and O–H groups in total. The van der Waals surface area contributed by atoms with Gasteiger partial charge >= 0.3 is 5.97 Å². The smallest absolute Gasteiger partial charge is 0.337 e. The van der Waals surface area contributed by atoms with E-state index in [4.69, 9.17) is 10.8 Å². The molecule has 0 aromatic carbocycles. The minimum atomic E-state index is -1.01. The summed E-state index contributed by atoms with van der Waals surface area (Å²) in [6.45, 7) is 4.89. The van der Waals surface area contributed by atoms with Crippen LogP contribution in [0.25, 0.3) is 0 Å². The molecule has 1 aromatic rings. The number of anilines is 2. The summed E-state index contributed by atoms with van der Waals surface area (Å²) in [7, 11) is 2.09. The van der Waals surface area contributed by atoms with E-state index >= 15 is 0 Å². The quantitative estimate of drug-likeness (QED) is 0.825. The van der Waals surface area contributed by atoms with Crippen LogP contribution in [0.1, 0.15) is 23.7 Å². The molecule has 0 radical (unpaired) electrons. The zero-order valence-corrected chi connectivity index (χ0v) is 11.3. The molecule has 6 heteroatoms. The number of hydrogen-bond acceptors (Lipinski definition) is 5. The maximum Gasteiger partial charge on any atom is 0.337 e. The number of aromatic carboxylic acids is 1. The van der Waals surface area contributed by atoms with Gasteiger partial charge in [-0.2, -0.15) is 0 Å². The van der Waals surface area contributed by atoms with Crippen LogP contribution in [0.3, 0.4) is 0 Å². The predicted octanol–water partition coefficient (Wildman–Crippen LogP) is 0.892. The van der Waals surface area contributed by atoms with Crippen molar-refractivity contribution in [2.45, 2.75) is 19.4 Å². The molecule has 1 aliphatic rings. The minimum absolute atomic E-state index is 0.120. The third-order valence-electron chi connectivity index (χ3n) is 3.52. The van der Waals surface area contributed by atoms with Crippen molar-refractivity contribution < 1.29 is 9.90 Å². The molecule has 0 bridgehead atoms. The standard InChI is InChI=1S/C13H20N4O2/c1-9-8-16(2)6-3-7-17(9)12-11(14)10(13(18)19)4-5-15-12/h4-5,9H,3,6-8,14H2,1-2H3,(H,18,19). The SMILES string of the molecule is CC1CN(C)CCCN1c1nccc(C(=O)O)c1N. The van der Waals surface area contributed by atoms with Crippen LogP contribution in [-0.4, -0.2) is 53.7 Å². The second-order valence-corrected chi connectivity index (χ2v) is 5.06. The molecule has 2 heterocycles. The molecule has 6 nitrogen and oxygen atoms in total. The van der Waals surface area contributed by atoms with Crippen LogP contribution in [-0.2, 0) is 0 Å². The average molecular weight is 264 g/mol. The molecule has 1 saturated heterocycles. The van der Waals surface area contributed by atoms with Crippen molar-refractivity contribution in [1.82, 2.24) is 9.88 Å². The second kappa shape index (κ2) is 5.44. The molecule has 1 atom stereocenters. The van der Waals surface area contributed by atoms with E-state index in [1.165, 1.54) is 12.3 Å². The summed E-state index contributed by atoms with van der Waals surface area (Å²) in [6.07, 6.45) is 2.52. The summed E-state index contributed by atoms with van der Waals surface area (Å²) >= 11 is 0. The number of nitrogen functional groups attached to an aromatic ring is 1. The van der Waals surface area contributed by atoms with Crippen molar-refractivity contribution in [1.29, 1.82) is 0 Å². The Morgan fingerprint density at radius 2 is 2.26 bits per heavy atom. The van der Waals surface area contributed by atoms with Gasteiger partial charge in [0, 0.05) is 25.3 Å². The van der Waals surface area contributed by atoms with E-state index in [2.05, 4.69) is 28.8 Å². The number of carbonyl (C=O) groups is 1. The fourth-order valence-electron chi connectivity index (χ4n) is 2.56. The van der Waals surface area contributed by atoms with Gasteiger partial charge in [-0.25, -0.2) is 9.78 Å². The highest BCUT2D eigenvalue weighted by Crippen LogP contribution is 2.27. The van der Waals surface area contributed by atoms with Gasteiger partial charge in [0.05, 0.1) is 11.3 Å². The van der Waals surface area contributed by atoms with E-state index in [0.29, 0.717) is 5.82 Å². The third-order valence-corrected chi connectivity index (χ3v) is 3.52. The van der Waals surface area contributed by atoms with Crippen LogP contribution in [0.5, 0.6) is 0 Å². The largest absolute Gasteiger partial charge is 0.478 e. The van der Waals surface area contributed by atoms with E-state index < -0.39 is 5.97 Å². The highest BCUT2D eigenvalue weighted by atomic mass is 16.4. The first-order valence-electron chi connectivity index (χ1n) is 6.43. The zero-order valence-electron chi connectivity index (χ0n) is 11.3. The lowest BCUT2D eigenvalue weighted by molar-refractivity contribution is 0.0698. The van der Waals surface area contributed by atoms with Crippen molar-refractivity contribution in [2.24, 2.45) is 0 Å². The van der Waals surface area contributed by atoms with Gasteiger partial charge < -0.3 is 20.6 Å². The van der Waals surface area contributed by atoms with E-state index in [0.717, 1.165) is 26.1 Å². The number of rotatable bonds is 2. The fourth-order valence-corrected chi connectivity index (χ4v) is 2.56. The van der Waals surface area contributed by atoms with Crippen LogP contribution in [0.15, 0.2) is 12.3 Å². The van der Waals surface area contributed by atoms with Crippen LogP contribution in [0.4, 0.5) is 11.5 Å². The van der Waals surface area contributed by atoms with Crippen LogP contribution >= 0.6 is 0 Å². The number of aromatic nitrogens is 1. The molecule has 1 unspecified atom stereocenters. The Balaban J connectivity index is 2.35. The summed E-state index contributed by atoms with van der Waals surface area (Å²) in [5, 5.41) is 9.12. The molecular weight excluding hydrogens is 244 g/mol. The summed E-state index contributed by atoms with van der Waals surface area (Å²) in [6, 6.07) is 1.70. The van der Waals surface area contributed by atoms with E-state index in [1.54, 1.807) is 0 Å². The number of hydrogen-bond donors (Lipinski definition) is 2. The van der Waals surface area contributed by atoms with Crippen molar-refractivity contribution >= 4 is 17.5 Å². The summed E-state index contributed by atoms with van der Waals surface area (Å²) in [4.78, 5) is 19.8. The van der Waals surface area contributed by atoms with E-state index in [-0.39, 0.29) is 17.3 Å². The summed E-state index contributed by atoms with van der Waals surface area (Å²) in [5.41, 5.74) is 6.34. The van der Waals surface area contributed by atoms with Gasteiger partial charge in [0.15, 0.2) is 5.82 Å². The van der Waals surface area contributed by atoms with Crippen molar-refractivity contribution in [3.63, 3.8) is 0 Å². The molecule has 0 saturated carbocycles. The molecular formula is C13H20N4O2. The number of nitrogens with zero attached hydrogens (tertiary/aromatic N) is 3. The Hall–Kier alpha value is -1.82. The topological polar surface area (TPSA) is 82.7 Å². The molecule has 0 aliphatic carbocycles. The fraction of sp³-hybridized carbons (Fsp3) is 0.538. The van der Waals surface area contributed by atoms with Gasteiger partial charge in [-0.15, -0.1) is 0 Å². The number of nitrogens with two attached hydrogens (primary N) is 1. The van der Waals surface area contributed by atoms with Gasteiger partial charge in [0.1, 0.15) is 0 Å². The number of likely N-dealkylation sites (N-methyl/N-ethyl adjacent to an activating group) is 1. The van der Waals surface area contributed by atoms with E-state index in [9.17, 15) is 4.79 Å². The molecule has 1 fully saturated rings. The predicted molar refractivity (Wildman–Crippen MR) is 74.5 cm³/mol. The number of pyridine rings is 1. The summed E-state index contributed by atoms with van der Waals surface area (Å²) < 4.78 is 0. The lowest BCUT2D eigenvalue weighted by Crippen LogP contribution is -2.39. The van der Waals surface area contributed by atoms with Gasteiger partial charge in [-0.1, -0.05) is 0 Å². The molecule has 0 spiro atoms. The van der Waals surface area contributed by atoms with Crippen molar-refractivity contribution in [3.05, 3.63) is 17.8 Å². The van der Waals surface area contributed by atoms with Gasteiger partial charge in [-0.05, 0) is 33.0 Å². The molecule has 1 aliphatic heterocycles. The molecule has 19 heavy (non-hydrogen) atoms. The van der Waals surface area contributed by atoms with Gasteiger partial charge in [-0.3, -0.25) is 0 Å². The molecule has 1 aromatic heterocycles. The minimum Gasteiger partial charge on any atom is -0.478 e. The Morgan fingerprint density at radius 1 is 1.53 bits per heavy atom. The van der Waals surface area contributed by atoms with Gasteiger partial charge in [0.25, 0.3) is 0 Å². The van der Waals surface area contributed by atoms with Crippen molar-refractivity contribution in [3.8, 4) is 0 Å². The number of carboxylic acid groups (broad SMARTS) is 1. The average Bonchev–Trinajstić information content (AvgIpc) is 2.50. The Kier molecular flexibility index (Phi) is 3.90. The molecule has 2 rings (SSSR count). The first-order chi connectivity index (χ1) is 9.00.